The molecule has 0 N–H and O–H groups in total. The van der Waals surface area contributed by atoms with Gasteiger partial charge in [0.1, 0.15) is 18.0 Å². The van der Waals surface area contributed by atoms with Crippen LogP contribution in [0.25, 0.3) is 0 Å². The van der Waals surface area contributed by atoms with Gasteiger partial charge in [-0.25, -0.2) is 0 Å². The fraction of sp³-hybridized carbons (Fsp3) is 0.440. The second kappa shape index (κ2) is 11.4. The highest BCUT2D eigenvalue weighted by molar-refractivity contribution is 5.71. The van der Waals surface area contributed by atoms with E-state index in [-0.39, 0.29) is 24.8 Å². The van der Waals surface area contributed by atoms with Crippen molar-refractivity contribution in [3.63, 3.8) is 0 Å². The predicted octanol–water partition coefficient (Wildman–Crippen LogP) is 5.04. The van der Waals surface area contributed by atoms with Crippen LogP contribution in [0.3, 0.4) is 0 Å². The van der Waals surface area contributed by atoms with Gasteiger partial charge in [0, 0.05) is 12.8 Å². The molecule has 2 aromatic carbocycles. The van der Waals surface area contributed by atoms with Crippen molar-refractivity contribution in [2.45, 2.75) is 65.6 Å². The lowest BCUT2D eigenvalue weighted by atomic mass is 9.98. The van der Waals surface area contributed by atoms with Gasteiger partial charge in [-0.1, -0.05) is 42.5 Å². The summed E-state index contributed by atoms with van der Waals surface area (Å²) in [5.41, 5.74) is 2.47. The van der Waals surface area contributed by atoms with Crippen molar-refractivity contribution < 1.29 is 23.8 Å². The van der Waals surface area contributed by atoms with E-state index in [1.54, 1.807) is 6.92 Å². The lowest BCUT2D eigenvalue weighted by Crippen LogP contribution is -2.24. The molecule has 2 rings (SSSR count). The lowest BCUT2D eigenvalue weighted by molar-refractivity contribution is -0.154. The summed E-state index contributed by atoms with van der Waals surface area (Å²) >= 11 is 0. The first kappa shape index (κ1) is 23.5. The third-order valence-electron chi connectivity index (χ3n) is 4.37. The molecule has 162 valence electrons. The van der Waals surface area contributed by atoms with Crippen LogP contribution in [0.15, 0.2) is 48.5 Å². The maximum atomic E-state index is 12.2. The zero-order valence-corrected chi connectivity index (χ0v) is 18.4. The first-order valence-corrected chi connectivity index (χ1v) is 10.4. The van der Waals surface area contributed by atoms with E-state index in [0.717, 1.165) is 22.4 Å². The summed E-state index contributed by atoms with van der Waals surface area (Å²) in [5.74, 6) is 0.243. The molecule has 0 saturated carbocycles. The van der Waals surface area contributed by atoms with Crippen molar-refractivity contribution in [3.05, 3.63) is 65.2 Å². The summed E-state index contributed by atoms with van der Waals surface area (Å²) in [7, 11) is 0. The van der Waals surface area contributed by atoms with Gasteiger partial charge < -0.3 is 14.2 Å². The topological polar surface area (TPSA) is 61.8 Å². The number of carbonyl (C=O) groups is 2. The predicted molar refractivity (Wildman–Crippen MR) is 116 cm³/mol. The molecule has 0 heterocycles. The van der Waals surface area contributed by atoms with Crippen LogP contribution >= 0.6 is 0 Å². The van der Waals surface area contributed by atoms with Crippen molar-refractivity contribution >= 4 is 11.9 Å². The van der Waals surface area contributed by atoms with E-state index < -0.39 is 5.60 Å². The van der Waals surface area contributed by atoms with Gasteiger partial charge in [0.05, 0.1) is 6.61 Å². The molecule has 2 aromatic rings. The monoisotopic (exact) mass is 412 g/mol. The molecule has 5 heteroatoms. The zero-order chi connectivity index (χ0) is 22.0. The quantitative estimate of drug-likeness (QED) is 0.512. The number of esters is 2. The standard InChI is InChI=1S/C25H32O5/c1-5-28-23(26)17-15-21-20(14-16-24(27)30-25(2,3)4)12-9-13-22(21)29-18-19-10-7-6-8-11-19/h6-13H,5,14-18H2,1-4H3. The minimum Gasteiger partial charge on any atom is -0.489 e. The van der Waals surface area contributed by atoms with Gasteiger partial charge in [-0.3, -0.25) is 9.59 Å². The van der Waals surface area contributed by atoms with E-state index in [1.165, 1.54) is 0 Å². The Kier molecular flexibility index (Phi) is 8.90. The average molecular weight is 413 g/mol. The minimum atomic E-state index is -0.509. The van der Waals surface area contributed by atoms with Gasteiger partial charge in [-0.2, -0.15) is 0 Å². The smallest absolute Gasteiger partial charge is 0.306 e. The number of hydrogen-bond acceptors (Lipinski definition) is 5. The minimum absolute atomic E-state index is 0.241. The van der Waals surface area contributed by atoms with Gasteiger partial charge in [-0.05, 0) is 63.3 Å². The Morgan fingerprint density at radius 2 is 1.57 bits per heavy atom. The SMILES string of the molecule is CCOC(=O)CCc1c(CCC(=O)OC(C)(C)C)cccc1OCc1ccccc1. The molecule has 0 aliphatic heterocycles. The summed E-state index contributed by atoms with van der Waals surface area (Å²) in [4.78, 5) is 24.1. The summed E-state index contributed by atoms with van der Waals surface area (Å²) in [6, 6.07) is 15.7. The lowest BCUT2D eigenvalue weighted by Gasteiger charge is -2.20. The third kappa shape index (κ3) is 8.27. The van der Waals surface area contributed by atoms with Crippen molar-refractivity contribution in [1.29, 1.82) is 0 Å². The van der Waals surface area contributed by atoms with Crippen LogP contribution < -0.4 is 4.74 Å². The Balaban J connectivity index is 2.15. The first-order chi connectivity index (χ1) is 14.3. The van der Waals surface area contributed by atoms with Gasteiger partial charge in [-0.15, -0.1) is 0 Å². The van der Waals surface area contributed by atoms with Crippen molar-refractivity contribution in [3.8, 4) is 5.75 Å². The molecular formula is C25H32O5. The molecule has 0 atom stereocenters. The highest BCUT2D eigenvalue weighted by Gasteiger charge is 2.18. The number of carbonyl (C=O) groups excluding carboxylic acids is 2. The summed E-state index contributed by atoms with van der Waals surface area (Å²) in [6.07, 6.45) is 1.55. The normalized spacial score (nSPS) is 11.1. The van der Waals surface area contributed by atoms with Crippen LogP contribution in [0.1, 0.15) is 57.2 Å². The Hall–Kier alpha value is -2.82. The van der Waals surface area contributed by atoms with Crippen LogP contribution in [-0.2, 0) is 38.5 Å². The van der Waals surface area contributed by atoms with Crippen LogP contribution in [0.4, 0.5) is 0 Å². The largest absolute Gasteiger partial charge is 0.489 e. The van der Waals surface area contributed by atoms with Crippen LogP contribution in [0.5, 0.6) is 5.75 Å². The van der Waals surface area contributed by atoms with E-state index in [2.05, 4.69) is 0 Å². The number of ether oxygens (including phenoxy) is 3. The second-order valence-electron chi connectivity index (χ2n) is 8.06. The number of rotatable bonds is 10. The maximum Gasteiger partial charge on any atom is 0.306 e. The molecule has 30 heavy (non-hydrogen) atoms. The first-order valence-electron chi connectivity index (χ1n) is 10.4. The second-order valence-corrected chi connectivity index (χ2v) is 8.06. The number of benzene rings is 2. The fourth-order valence-corrected chi connectivity index (χ4v) is 3.09. The zero-order valence-electron chi connectivity index (χ0n) is 18.4. The number of hydrogen-bond donors (Lipinski definition) is 0. The molecule has 0 spiro atoms. The molecule has 0 fully saturated rings. The Morgan fingerprint density at radius 3 is 2.23 bits per heavy atom. The summed E-state index contributed by atoms with van der Waals surface area (Å²) in [5, 5.41) is 0. The molecule has 0 unspecified atom stereocenters. The van der Waals surface area contributed by atoms with E-state index in [1.807, 2.05) is 69.3 Å². The maximum absolute atomic E-state index is 12.2. The van der Waals surface area contributed by atoms with Crippen LogP contribution in [0.2, 0.25) is 0 Å². The molecule has 5 nitrogen and oxygen atoms in total. The molecule has 0 aliphatic rings. The fourth-order valence-electron chi connectivity index (χ4n) is 3.09. The molecule has 0 aromatic heterocycles. The van der Waals surface area contributed by atoms with Crippen molar-refractivity contribution in [2.24, 2.45) is 0 Å². The average Bonchev–Trinajstić information content (AvgIpc) is 2.69. The van der Waals surface area contributed by atoms with E-state index in [4.69, 9.17) is 14.2 Å². The van der Waals surface area contributed by atoms with Crippen molar-refractivity contribution in [1.82, 2.24) is 0 Å². The number of aryl methyl sites for hydroxylation is 1. The van der Waals surface area contributed by atoms with E-state index >= 15 is 0 Å². The summed E-state index contributed by atoms with van der Waals surface area (Å²) in [6.45, 7) is 8.15. The van der Waals surface area contributed by atoms with Gasteiger partial charge in [0.2, 0.25) is 0 Å². The molecule has 0 aliphatic carbocycles. The molecule has 0 bridgehead atoms. The van der Waals surface area contributed by atoms with Gasteiger partial charge >= 0.3 is 11.9 Å². The molecular weight excluding hydrogens is 380 g/mol. The highest BCUT2D eigenvalue weighted by Crippen LogP contribution is 2.27. The molecule has 0 saturated heterocycles. The Bertz CT molecular complexity index is 821. The van der Waals surface area contributed by atoms with E-state index in [0.29, 0.717) is 26.1 Å². The van der Waals surface area contributed by atoms with Gasteiger partial charge in [0.25, 0.3) is 0 Å². The van der Waals surface area contributed by atoms with Gasteiger partial charge in [0.15, 0.2) is 0 Å². The van der Waals surface area contributed by atoms with Crippen LogP contribution in [-0.4, -0.2) is 24.1 Å². The third-order valence-corrected chi connectivity index (χ3v) is 4.37. The molecule has 0 amide bonds. The Morgan fingerprint density at radius 1 is 0.867 bits per heavy atom. The van der Waals surface area contributed by atoms with Crippen LogP contribution in [0, 0.1) is 0 Å². The Labute approximate surface area is 179 Å². The van der Waals surface area contributed by atoms with E-state index in [9.17, 15) is 9.59 Å². The molecule has 0 radical (unpaired) electrons. The highest BCUT2D eigenvalue weighted by atomic mass is 16.6. The van der Waals surface area contributed by atoms with Crippen molar-refractivity contribution in [2.75, 3.05) is 6.61 Å². The summed E-state index contributed by atoms with van der Waals surface area (Å²) < 4.78 is 16.6.